The Morgan fingerprint density at radius 3 is 2.82 bits per heavy atom. The SMILES string of the molecule is CCCCOC(=O)[C@@H](O)CF. The van der Waals surface area contributed by atoms with Crippen LogP contribution in [0.4, 0.5) is 4.39 Å². The van der Waals surface area contributed by atoms with Crippen LogP contribution in [0.15, 0.2) is 0 Å². The van der Waals surface area contributed by atoms with Gasteiger partial charge in [0.1, 0.15) is 6.67 Å². The molecular weight excluding hydrogens is 151 g/mol. The summed E-state index contributed by atoms with van der Waals surface area (Å²) in [6, 6.07) is 0. The molecule has 11 heavy (non-hydrogen) atoms. The van der Waals surface area contributed by atoms with Crippen molar-refractivity contribution in [3.63, 3.8) is 0 Å². The van der Waals surface area contributed by atoms with Crippen LogP contribution in [0.25, 0.3) is 0 Å². The van der Waals surface area contributed by atoms with E-state index in [0.717, 1.165) is 12.8 Å². The molecule has 0 fully saturated rings. The topological polar surface area (TPSA) is 46.5 Å². The molecule has 0 heterocycles. The highest BCUT2D eigenvalue weighted by atomic mass is 19.1. The molecule has 0 amide bonds. The Hall–Kier alpha value is -0.640. The monoisotopic (exact) mass is 164 g/mol. The molecule has 0 saturated heterocycles. The minimum atomic E-state index is -1.60. The maximum absolute atomic E-state index is 11.6. The average Bonchev–Trinajstić information content (AvgIpc) is 2.03. The van der Waals surface area contributed by atoms with Crippen LogP contribution in [-0.4, -0.2) is 30.5 Å². The van der Waals surface area contributed by atoms with Crippen LogP contribution in [0, 0.1) is 0 Å². The summed E-state index contributed by atoms with van der Waals surface area (Å²) in [6.07, 6.45) is 0.0378. The molecule has 0 aliphatic carbocycles. The Bertz CT molecular complexity index is 116. The molecule has 1 N–H and O–H groups in total. The first-order valence-corrected chi connectivity index (χ1v) is 3.63. The maximum Gasteiger partial charge on any atom is 0.337 e. The van der Waals surface area contributed by atoms with Gasteiger partial charge in [0.15, 0.2) is 6.10 Å². The molecule has 0 spiro atoms. The highest BCUT2D eigenvalue weighted by molar-refractivity contribution is 5.74. The molecule has 66 valence electrons. The molecule has 0 unspecified atom stereocenters. The van der Waals surface area contributed by atoms with Crippen molar-refractivity contribution >= 4 is 5.97 Å². The number of halogens is 1. The van der Waals surface area contributed by atoms with Crippen molar-refractivity contribution in [2.24, 2.45) is 0 Å². The van der Waals surface area contributed by atoms with Gasteiger partial charge in [0.2, 0.25) is 0 Å². The molecule has 3 nitrogen and oxygen atoms in total. The molecule has 1 atom stereocenters. The smallest absolute Gasteiger partial charge is 0.337 e. The van der Waals surface area contributed by atoms with E-state index in [1.54, 1.807) is 0 Å². The number of aliphatic hydroxyl groups is 1. The van der Waals surface area contributed by atoms with Crippen LogP contribution in [-0.2, 0) is 9.53 Å². The zero-order valence-electron chi connectivity index (χ0n) is 6.55. The predicted molar refractivity (Wildman–Crippen MR) is 37.8 cm³/mol. The Morgan fingerprint density at radius 1 is 1.73 bits per heavy atom. The molecule has 0 aliphatic rings. The van der Waals surface area contributed by atoms with E-state index in [1.165, 1.54) is 0 Å². The van der Waals surface area contributed by atoms with E-state index in [4.69, 9.17) is 5.11 Å². The first-order chi connectivity index (χ1) is 5.22. The number of carbonyl (C=O) groups is 1. The van der Waals surface area contributed by atoms with E-state index in [1.807, 2.05) is 6.92 Å². The molecule has 0 aromatic heterocycles. The van der Waals surface area contributed by atoms with Gasteiger partial charge in [-0.1, -0.05) is 13.3 Å². The molecule has 0 aromatic carbocycles. The maximum atomic E-state index is 11.6. The summed E-state index contributed by atoms with van der Waals surface area (Å²) < 4.78 is 16.1. The number of aliphatic hydroxyl groups excluding tert-OH is 1. The molecule has 0 bridgehead atoms. The second kappa shape index (κ2) is 6.09. The highest BCUT2D eigenvalue weighted by Crippen LogP contribution is 1.93. The van der Waals surface area contributed by atoms with Crippen molar-refractivity contribution in [2.45, 2.75) is 25.9 Å². The fraction of sp³-hybridized carbons (Fsp3) is 0.857. The fourth-order valence-corrected chi connectivity index (χ4v) is 0.476. The molecule has 0 rings (SSSR count). The summed E-state index contributed by atoms with van der Waals surface area (Å²) in [5, 5.41) is 8.58. The third-order valence-corrected chi connectivity index (χ3v) is 1.16. The van der Waals surface area contributed by atoms with Crippen molar-refractivity contribution in [2.75, 3.05) is 13.3 Å². The lowest BCUT2D eigenvalue weighted by Crippen LogP contribution is -2.25. The van der Waals surface area contributed by atoms with E-state index in [9.17, 15) is 9.18 Å². The van der Waals surface area contributed by atoms with Gasteiger partial charge in [-0.05, 0) is 6.42 Å². The van der Waals surface area contributed by atoms with E-state index < -0.39 is 18.7 Å². The third kappa shape index (κ3) is 4.72. The Kier molecular flexibility index (Phi) is 5.74. The van der Waals surface area contributed by atoms with Gasteiger partial charge in [-0.3, -0.25) is 0 Å². The Labute approximate surface area is 65.2 Å². The lowest BCUT2D eigenvalue weighted by molar-refractivity contribution is -0.154. The quantitative estimate of drug-likeness (QED) is 0.479. The number of ether oxygens (including phenoxy) is 1. The Morgan fingerprint density at radius 2 is 2.36 bits per heavy atom. The first kappa shape index (κ1) is 10.4. The van der Waals surface area contributed by atoms with E-state index in [0.29, 0.717) is 0 Å². The highest BCUT2D eigenvalue weighted by Gasteiger charge is 2.14. The zero-order valence-corrected chi connectivity index (χ0v) is 6.55. The number of unbranched alkanes of at least 4 members (excludes halogenated alkanes) is 1. The average molecular weight is 164 g/mol. The Balaban J connectivity index is 3.36. The number of esters is 1. The van der Waals surface area contributed by atoms with Gasteiger partial charge < -0.3 is 9.84 Å². The molecule has 0 radical (unpaired) electrons. The van der Waals surface area contributed by atoms with Gasteiger partial charge in [0, 0.05) is 0 Å². The van der Waals surface area contributed by atoms with Crippen molar-refractivity contribution in [1.29, 1.82) is 0 Å². The molecule has 0 aromatic rings. The van der Waals surface area contributed by atoms with Gasteiger partial charge in [-0.15, -0.1) is 0 Å². The number of rotatable bonds is 5. The summed E-state index contributed by atoms with van der Waals surface area (Å²) in [7, 11) is 0. The molecule has 0 saturated carbocycles. The summed E-state index contributed by atoms with van der Waals surface area (Å²) in [6.45, 7) is 1.12. The van der Waals surface area contributed by atoms with Crippen LogP contribution >= 0.6 is 0 Å². The van der Waals surface area contributed by atoms with Crippen molar-refractivity contribution < 1.29 is 19.0 Å². The fourth-order valence-electron chi connectivity index (χ4n) is 0.476. The minimum Gasteiger partial charge on any atom is -0.464 e. The lowest BCUT2D eigenvalue weighted by atomic mass is 10.3. The second-order valence-corrected chi connectivity index (χ2v) is 2.19. The van der Waals surface area contributed by atoms with Gasteiger partial charge >= 0.3 is 5.97 Å². The minimum absolute atomic E-state index is 0.256. The number of hydrogen-bond donors (Lipinski definition) is 1. The van der Waals surface area contributed by atoms with Crippen LogP contribution in [0.5, 0.6) is 0 Å². The molecule has 0 aliphatic heterocycles. The molecule has 4 heteroatoms. The largest absolute Gasteiger partial charge is 0.464 e. The number of carbonyl (C=O) groups excluding carboxylic acids is 1. The summed E-state index contributed by atoms with van der Waals surface area (Å²) in [4.78, 5) is 10.5. The van der Waals surface area contributed by atoms with Crippen molar-refractivity contribution in [1.82, 2.24) is 0 Å². The van der Waals surface area contributed by atoms with Crippen LogP contribution in [0.2, 0.25) is 0 Å². The predicted octanol–water partition coefficient (Wildman–Crippen LogP) is 0.660. The van der Waals surface area contributed by atoms with E-state index in [2.05, 4.69) is 4.74 Å². The van der Waals surface area contributed by atoms with Gasteiger partial charge in [-0.25, -0.2) is 9.18 Å². The van der Waals surface area contributed by atoms with Crippen LogP contribution in [0.1, 0.15) is 19.8 Å². The van der Waals surface area contributed by atoms with Crippen molar-refractivity contribution in [3.05, 3.63) is 0 Å². The lowest BCUT2D eigenvalue weighted by Gasteiger charge is -2.05. The van der Waals surface area contributed by atoms with Crippen LogP contribution < -0.4 is 0 Å². The zero-order chi connectivity index (χ0) is 8.69. The third-order valence-electron chi connectivity index (χ3n) is 1.16. The second-order valence-electron chi connectivity index (χ2n) is 2.19. The van der Waals surface area contributed by atoms with Crippen molar-refractivity contribution in [3.8, 4) is 0 Å². The normalized spacial score (nSPS) is 12.6. The van der Waals surface area contributed by atoms with Gasteiger partial charge in [-0.2, -0.15) is 0 Å². The summed E-state index contributed by atoms with van der Waals surface area (Å²) in [5.41, 5.74) is 0. The number of alkyl halides is 1. The van der Waals surface area contributed by atoms with Gasteiger partial charge in [0.05, 0.1) is 6.61 Å². The standard InChI is InChI=1S/C7H13FO3/c1-2-3-4-11-7(10)6(9)5-8/h6,9H,2-5H2,1H3/t6-/m0/s1. The summed E-state index contributed by atoms with van der Waals surface area (Å²) >= 11 is 0. The van der Waals surface area contributed by atoms with E-state index >= 15 is 0 Å². The summed E-state index contributed by atoms with van der Waals surface area (Å²) in [5.74, 6) is -0.874. The van der Waals surface area contributed by atoms with Gasteiger partial charge in [0.25, 0.3) is 0 Å². The van der Waals surface area contributed by atoms with E-state index in [-0.39, 0.29) is 6.61 Å². The molecular formula is C7H13FO3. The first-order valence-electron chi connectivity index (χ1n) is 3.63. The number of hydrogen-bond acceptors (Lipinski definition) is 3. The van der Waals surface area contributed by atoms with Crippen LogP contribution in [0.3, 0.4) is 0 Å².